The van der Waals surface area contributed by atoms with Crippen LogP contribution in [-0.4, -0.2) is 15.1 Å². The minimum absolute atomic E-state index is 0.299. The molecule has 100 valence electrons. The highest BCUT2D eigenvalue weighted by molar-refractivity contribution is 9.10. The topological polar surface area (TPSA) is 77.8 Å². The van der Waals surface area contributed by atoms with Crippen LogP contribution >= 0.6 is 15.9 Å². The van der Waals surface area contributed by atoms with Gasteiger partial charge in [0, 0.05) is 15.7 Å². The summed E-state index contributed by atoms with van der Waals surface area (Å²) in [6, 6.07) is 8.07. The highest BCUT2D eigenvalue weighted by Gasteiger charge is 2.12. The first kappa shape index (κ1) is 12.7. The fraction of sp³-hybridized carbons (Fsp3) is 0. The van der Waals surface area contributed by atoms with E-state index in [1.54, 1.807) is 18.2 Å². The summed E-state index contributed by atoms with van der Waals surface area (Å²) in [4.78, 5) is 8.12. The van der Waals surface area contributed by atoms with Crippen LogP contribution in [0.5, 0.6) is 0 Å². The third-order valence-corrected chi connectivity index (χ3v) is 3.32. The first-order chi connectivity index (χ1) is 9.63. The van der Waals surface area contributed by atoms with Crippen molar-refractivity contribution < 1.29 is 8.91 Å². The lowest BCUT2D eigenvalue weighted by Gasteiger charge is -1.99. The average Bonchev–Trinajstić information content (AvgIpc) is 2.92. The molecule has 0 aliphatic carbocycles. The van der Waals surface area contributed by atoms with Crippen LogP contribution in [0, 0.1) is 5.82 Å². The number of pyridine rings is 1. The predicted octanol–water partition coefficient (Wildman–Crippen LogP) is 3.28. The summed E-state index contributed by atoms with van der Waals surface area (Å²) in [6.45, 7) is 0. The zero-order valence-corrected chi connectivity index (χ0v) is 11.6. The van der Waals surface area contributed by atoms with E-state index in [0.717, 1.165) is 16.2 Å². The van der Waals surface area contributed by atoms with E-state index >= 15 is 0 Å². The molecule has 0 unspecified atom stereocenters. The number of anilines is 1. The molecule has 0 bridgehead atoms. The van der Waals surface area contributed by atoms with Gasteiger partial charge in [-0.3, -0.25) is 0 Å². The Balaban J connectivity index is 1.97. The zero-order valence-electron chi connectivity index (χ0n) is 10.0. The minimum atomic E-state index is -0.417. The lowest BCUT2D eigenvalue weighted by atomic mass is 10.2. The largest absolute Gasteiger partial charge is 0.398 e. The molecule has 0 aliphatic heterocycles. The number of nitrogens with two attached hydrogens (primary N) is 1. The summed E-state index contributed by atoms with van der Waals surface area (Å²) in [5.74, 6) is 0.222. The average molecular weight is 335 g/mol. The second-order valence-electron chi connectivity index (χ2n) is 4.02. The molecule has 7 heteroatoms. The standard InChI is InChI=1S/C13H8BrFN4O/c14-9-5-7(1-3-10(9)16)13-18-12(19-20-13)11-4-2-8(15)6-17-11/h1-6H,16H2. The monoisotopic (exact) mass is 334 g/mol. The van der Waals surface area contributed by atoms with E-state index < -0.39 is 5.82 Å². The van der Waals surface area contributed by atoms with Gasteiger partial charge in [-0.05, 0) is 46.3 Å². The van der Waals surface area contributed by atoms with Crippen LogP contribution < -0.4 is 5.73 Å². The molecule has 2 aromatic heterocycles. The molecule has 0 saturated heterocycles. The smallest absolute Gasteiger partial charge is 0.258 e. The molecule has 0 atom stereocenters. The first-order valence-electron chi connectivity index (χ1n) is 5.64. The molecule has 0 fully saturated rings. The number of rotatable bonds is 2. The van der Waals surface area contributed by atoms with Gasteiger partial charge in [-0.15, -0.1) is 0 Å². The van der Waals surface area contributed by atoms with Crippen LogP contribution in [0.3, 0.4) is 0 Å². The van der Waals surface area contributed by atoms with Gasteiger partial charge in [0.2, 0.25) is 5.82 Å². The van der Waals surface area contributed by atoms with Crippen LogP contribution in [0.15, 0.2) is 45.5 Å². The molecule has 3 aromatic rings. The molecular weight excluding hydrogens is 327 g/mol. The number of aromatic nitrogens is 3. The van der Waals surface area contributed by atoms with Gasteiger partial charge in [-0.25, -0.2) is 9.37 Å². The van der Waals surface area contributed by atoms with E-state index in [2.05, 4.69) is 31.1 Å². The van der Waals surface area contributed by atoms with E-state index in [9.17, 15) is 4.39 Å². The predicted molar refractivity (Wildman–Crippen MR) is 75.0 cm³/mol. The summed E-state index contributed by atoms with van der Waals surface area (Å²) in [5.41, 5.74) is 7.51. The van der Waals surface area contributed by atoms with Gasteiger partial charge < -0.3 is 10.3 Å². The second kappa shape index (κ2) is 5.01. The Morgan fingerprint density at radius 3 is 2.75 bits per heavy atom. The van der Waals surface area contributed by atoms with Crippen LogP contribution in [-0.2, 0) is 0 Å². The summed E-state index contributed by atoms with van der Waals surface area (Å²) < 4.78 is 18.7. The molecule has 1 aromatic carbocycles. The van der Waals surface area contributed by atoms with Crippen LogP contribution in [0.1, 0.15) is 0 Å². The van der Waals surface area contributed by atoms with Crippen molar-refractivity contribution >= 4 is 21.6 Å². The molecule has 0 saturated carbocycles. The molecule has 0 spiro atoms. The Morgan fingerprint density at radius 2 is 2.05 bits per heavy atom. The van der Waals surface area contributed by atoms with Crippen molar-refractivity contribution in [2.45, 2.75) is 0 Å². The lowest BCUT2D eigenvalue weighted by Crippen LogP contribution is -1.88. The first-order valence-corrected chi connectivity index (χ1v) is 6.44. The van der Waals surface area contributed by atoms with Crippen molar-refractivity contribution in [3.05, 3.63) is 46.8 Å². The Kier molecular flexibility index (Phi) is 3.19. The van der Waals surface area contributed by atoms with Gasteiger partial charge in [0.25, 0.3) is 5.89 Å². The van der Waals surface area contributed by atoms with Gasteiger partial charge in [0.15, 0.2) is 0 Å². The summed E-state index contributed by atoms with van der Waals surface area (Å²) in [5, 5.41) is 3.83. The Labute approximate surface area is 121 Å². The quantitative estimate of drug-likeness (QED) is 0.727. The number of benzene rings is 1. The van der Waals surface area contributed by atoms with E-state index in [1.807, 2.05) is 0 Å². The SMILES string of the molecule is Nc1ccc(-c2nc(-c3ccc(F)cn3)no2)cc1Br. The Hall–Kier alpha value is -2.28. The molecule has 3 rings (SSSR count). The van der Waals surface area contributed by atoms with Crippen molar-refractivity contribution in [1.29, 1.82) is 0 Å². The molecule has 5 nitrogen and oxygen atoms in total. The highest BCUT2D eigenvalue weighted by Crippen LogP contribution is 2.27. The molecule has 2 N–H and O–H groups in total. The number of hydrogen-bond acceptors (Lipinski definition) is 5. The second-order valence-corrected chi connectivity index (χ2v) is 4.88. The van der Waals surface area contributed by atoms with Crippen LogP contribution in [0.4, 0.5) is 10.1 Å². The maximum Gasteiger partial charge on any atom is 0.258 e. The van der Waals surface area contributed by atoms with Gasteiger partial charge in [-0.2, -0.15) is 4.98 Å². The summed E-state index contributed by atoms with van der Waals surface area (Å²) >= 11 is 3.33. The van der Waals surface area contributed by atoms with Crippen molar-refractivity contribution in [3.63, 3.8) is 0 Å². The summed E-state index contributed by atoms with van der Waals surface area (Å²) in [7, 11) is 0. The number of nitrogen functional groups attached to an aromatic ring is 1. The molecular formula is C13H8BrFN4O. The Bertz CT molecular complexity index is 757. The Morgan fingerprint density at radius 1 is 1.20 bits per heavy atom. The van der Waals surface area contributed by atoms with Crippen LogP contribution in [0.25, 0.3) is 23.0 Å². The molecule has 2 heterocycles. The fourth-order valence-corrected chi connectivity index (χ4v) is 1.99. The maximum absolute atomic E-state index is 12.8. The van der Waals surface area contributed by atoms with Crippen LogP contribution in [0.2, 0.25) is 0 Å². The van der Waals surface area contributed by atoms with E-state index in [0.29, 0.717) is 23.1 Å². The van der Waals surface area contributed by atoms with Crippen molar-refractivity contribution in [2.24, 2.45) is 0 Å². The van der Waals surface area contributed by atoms with Crippen molar-refractivity contribution in [2.75, 3.05) is 5.73 Å². The lowest BCUT2D eigenvalue weighted by molar-refractivity contribution is 0.432. The number of nitrogens with zero attached hydrogens (tertiary/aromatic N) is 3. The molecule has 0 radical (unpaired) electrons. The van der Waals surface area contributed by atoms with Gasteiger partial charge >= 0.3 is 0 Å². The third kappa shape index (κ3) is 2.39. The van der Waals surface area contributed by atoms with Crippen molar-refractivity contribution in [1.82, 2.24) is 15.1 Å². The van der Waals surface area contributed by atoms with Gasteiger partial charge in [-0.1, -0.05) is 5.16 Å². The number of hydrogen-bond donors (Lipinski definition) is 1. The molecule has 20 heavy (non-hydrogen) atoms. The van der Waals surface area contributed by atoms with Gasteiger partial charge in [0.05, 0.1) is 6.20 Å². The van der Waals surface area contributed by atoms with E-state index in [4.69, 9.17) is 10.3 Å². The normalized spacial score (nSPS) is 10.7. The van der Waals surface area contributed by atoms with E-state index in [-0.39, 0.29) is 0 Å². The van der Waals surface area contributed by atoms with E-state index in [1.165, 1.54) is 12.1 Å². The molecule has 0 aliphatic rings. The van der Waals surface area contributed by atoms with Gasteiger partial charge in [0.1, 0.15) is 11.5 Å². The molecule has 0 amide bonds. The van der Waals surface area contributed by atoms with Crippen molar-refractivity contribution in [3.8, 4) is 23.0 Å². The maximum atomic E-state index is 12.8. The third-order valence-electron chi connectivity index (χ3n) is 2.63. The zero-order chi connectivity index (χ0) is 14.1. The minimum Gasteiger partial charge on any atom is -0.398 e. The highest BCUT2D eigenvalue weighted by atomic mass is 79.9. The number of halogens is 2. The fourth-order valence-electron chi connectivity index (χ4n) is 1.61. The summed E-state index contributed by atoms with van der Waals surface area (Å²) in [6.07, 6.45) is 1.10.